The maximum Gasteiger partial charge on any atom is 0.180 e. The van der Waals surface area contributed by atoms with E-state index in [-0.39, 0.29) is 0 Å². The van der Waals surface area contributed by atoms with Gasteiger partial charge in [-0.1, -0.05) is 176 Å². The Morgan fingerprint density at radius 1 is 0.373 bits per heavy atom. The maximum absolute atomic E-state index is 6.48. The number of benzene rings is 9. The van der Waals surface area contributed by atoms with Crippen LogP contribution in [0.15, 0.2) is 239 Å². The summed E-state index contributed by atoms with van der Waals surface area (Å²) in [7, 11) is -2.84. The molecule has 0 unspecified atom stereocenters. The van der Waals surface area contributed by atoms with Crippen molar-refractivity contribution in [2.24, 2.45) is 0 Å². The Morgan fingerprint density at radius 2 is 0.881 bits per heavy atom. The molecule has 9 aromatic carbocycles. The Morgan fingerprint density at radius 3 is 1.58 bits per heavy atom. The van der Waals surface area contributed by atoms with Gasteiger partial charge in [-0.15, -0.1) is 0 Å². The lowest BCUT2D eigenvalue weighted by atomic mass is 9.64. The predicted molar refractivity (Wildman–Crippen MR) is 248 cm³/mol. The van der Waals surface area contributed by atoms with Crippen LogP contribution in [0.4, 0.5) is 17.1 Å². The third-order valence-corrected chi connectivity index (χ3v) is 18.7. The number of hydrogen-bond acceptors (Lipinski definition) is 3. The highest BCUT2D eigenvalue weighted by atomic mass is 32.2. The third-order valence-electron chi connectivity index (χ3n) is 12.7. The van der Waals surface area contributed by atoms with Crippen molar-refractivity contribution in [1.29, 1.82) is 0 Å². The summed E-state index contributed by atoms with van der Waals surface area (Å²) < 4.78 is 6.48. The maximum atomic E-state index is 6.48. The van der Waals surface area contributed by atoms with Crippen LogP contribution in [0.25, 0.3) is 21.9 Å². The van der Waals surface area contributed by atoms with Gasteiger partial charge in [-0.2, -0.15) is 0 Å². The molecule has 0 N–H and O–H groups in total. The lowest BCUT2D eigenvalue weighted by molar-refractivity contribution is 0.669. The Bertz CT molecular complexity index is 3120. The zero-order chi connectivity index (χ0) is 39.0. The molecule has 59 heavy (non-hydrogen) atoms. The third kappa shape index (κ3) is 4.88. The fourth-order valence-electron chi connectivity index (χ4n) is 10.4. The molecular formula is C55H37NOSSi. The molecule has 278 valence electrons. The van der Waals surface area contributed by atoms with E-state index in [4.69, 9.17) is 4.42 Å². The van der Waals surface area contributed by atoms with Crippen molar-refractivity contribution >= 4 is 79.6 Å². The minimum Gasteiger partial charge on any atom is -0.456 e. The predicted octanol–water partition coefficient (Wildman–Crippen LogP) is 11.6. The van der Waals surface area contributed by atoms with Gasteiger partial charge in [0.25, 0.3) is 0 Å². The van der Waals surface area contributed by atoms with Crippen LogP contribution in [0, 0.1) is 0 Å². The number of nitrogens with zero attached hydrogens (tertiary/aromatic N) is 1. The summed E-state index contributed by atoms with van der Waals surface area (Å²) in [5.74, 6) is 0. The highest BCUT2D eigenvalue weighted by Gasteiger charge is 2.57. The van der Waals surface area contributed by atoms with Crippen LogP contribution in [-0.4, -0.2) is 8.07 Å². The van der Waals surface area contributed by atoms with E-state index in [1.807, 2.05) is 17.8 Å². The Balaban J connectivity index is 1.17. The average molecular weight is 788 g/mol. The van der Waals surface area contributed by atoms with Crippen LogP contribution in [-0.2, 0) is 5.41 Å². The van der Waals surface area contributed by atoms with E-state index in [1.54, 1.807) is 0 Å². The first-order valence-electron chi connectivity index (χ1n) is 20.3. The van der Waals surface area contributed by atoms with E-state index >= 15 is 0 Å². The molecule has 12 rings (SSSR count). The zero-order valence-corrected chi connectivity index (χ0v) is 33.9. The molecule has 0 aliphatic carbocycles. The van der Waals surface area contributed by atoms with Crippen molar-refractivity contribution in [3.8, 4) is 0 Å². The van der Waals surface area contributed by atoms with Crippen LogP contribution in [0.3, 0.4) is 0 Å². The van der Waals surface area contributed by atoms with Crippen molar-refractivity contribution in [3.63, 3.8) is 0 Å². The molecule has 0 atom stereocenters. The zero-order valence-electron chi connectivity index (χ0n) is 32.1. The van der Waals surface area contributed by atoms with Gasteiger partial charge in [0.1, 0.15) is 11.2 Å². The number of para-hydroxylation sites is 2. The standard InChI is InChI=1S/C55H37NOSSi/c1-4-18-38(19-5-1)56(40-32-34-44-43-24-10-14-28-49(43)57-50(44)37-40)39-33-35-52-48(36-39)55(45-25-11-15-29-51(45)58-52)46-26-12-16-30-53(46)59(41-20-6-2-7-21-41,42-22-8-3-9-23-42)54-31-17-13-27-47(54)55/h1-37H. The normalized spacial score (nSPS) is 14.3. The SMILES string of the molecule is c1ccc(N(c2ccc3c(c2)C2(c4ccccc4S3)c3ccccc3[Si](c3ccccc3)(c3ccccc3)c3ccccc32)c2ccc3c(c2)oc2ccccc23)cc1. The van der Waals surface area contributed by atoms with E-state index in [0.29, 0.717) is 0 Å². The number of furan rings is 1. The van der Waals surface area contributed by atoms with Crippen LogP contribution < -0.4 is 25.6 Å². The molecule has 0 amide bonds. The Kier molecular flexibility index (Phi) is 7.74. The topological polar surface area (TPSA) is 16.4 Å². The smallest absolute Gasteiger partial charge is 0.180 e. The molecule has 0 bridgehead atoms. The summed E-state index contributed by atoms with van der Waals surface area (Å²) in [5.41, 5.74) is 9.76. The average Bonchev–Trinajstić information content (AvgIpc) is 3.68. The molecule has 0 saturated carbocycles. The highest BCUT2D eigenvalue weighted by molar-refractivity contribution is 7.99. The van der Waals surface area contributed by atoms with Crippen molar-refractivity contribution in [2.75, 3.05) is 4.90 Å². The number of rotatable bonds is 5. The molecular weight excluding hydrogens is 751 g/mol. The van der Waals surface area contributed by atoms with E-state index < -0.39 is 13.5 Å². The Hall–Kier alpha value is -6.85. The summed E-state index contributed by atoms with van der Waals surface area (Å²) in [4.78, 5) is 4.95. The van der Waals surface area contributed by atoms with Gasteiger partial charge >= 0.3 is 0 Å². The van der Waals surface area contributed by atoms with E-state index in [1.165, 1.54) is 52.8 Å². The van der Waals surface area contributed by atoms with Crippen molar-refractivity contribution in [1.82, 2.24) is 0 Å². The molecule has 3 heterocycles. The monoisotopic (exact) mass is 787 g/mol. The highest BCUT2D eigenvalue weighted by Crippen LogP contribution is 2.57. The summed E-state index contributed by atoms with van der Waals surface area (Å²) in [6.45, 7) is 0. The molecule has 2 aliphatic rings. The van der Waals surface area contributed by atoms with E-state index in [0.717, 1.165) is 39.0 Å². The van der Waals surface area contributed by atoms with Gasteiger partial charge in [0, 0.05) is 43.7 Å². The van der Waals surface area contributed by atoms with Crippen LogP contribution in [0.1, 0.15) is 22.3 Å². The van der Waals surface area contributed by atoms with E-state index in [9.17, 15) is 0 Å². The van der Waals surface area contributed by atoms with Gasteiger partial charge in [-0.25, -0.2) is 0 Å². The van der Waals surface area contributed by atoms with Crippen LogP contribution in [0.5, 0.6) is 0 Å². The Labute approximate surface area is 349 Å². The largest absolute Gasteiger partial charge is 0.456 e. The van der Waals surface area contributed by atoms with Gasteiger partial charge in [0.05, 0.1) is 5.41 Å². The van der Waals surface area contributed by atoms with Crippen LogP contribution >= 0.6 is 11.8 Å². The molecule has 0 radical (unpaired) electrons. The number of anilines is 3. The second-order valence-corrected chi connectivity index (χ2v) is 20.4. The van der Waals surface area contributed by atoms with Gasteiger partial charge in [-0.05, 0) is 97.6 Å². The lowest BCUT2D eigenvalue weighted by Gasteiger charge is -2.51. The van der Waals surface area contributed by atoms with Crippen molar-refractivity contribution in [3.05, 3.63) is 247 Å². The second-order valence-electron chi connectivity index (χ2n) is 15.6. The molecule has 0 fully saturated rings. The van der Waals surface area contributed by atoms with Crippen LogP contribution in [0.2, 0.25) is 0 Å². The first-order valence-corrected chi connectivity index (χ1v) is 23.1. The molecule has 2 nitrogen and oxygen atoms in total. The summed E-state index contributed by atoms with van der Waals surface area (Å²) in [6.07, 6.45) is 0. The number of hydrogen-bond donors (Lipinski definition) is 0. The molecule has 4 heteroatoms. The second kappa shape index (κ2) is 13.4. The molecule has 10 aromatic rings. The quantitative estimate of drug-likeness (QED) is 0.162. The first-order chi connectivity index (χ1) is 29.3. The van der Waals surface area contributed by atoms with E-state index in [2.05, 4.69) is 223 Å². The van der Waals surface area contributed by atoms with Crippen molar-refractivity contribution in [2.45, 2.75) is 15.2 Å². The van der Waals surface area contributed by atoms with Gasteiger partial charge in [-0.3, -0.25) is 0 Å². The summed E-state index contributed by atoms with van der Waals surface area (Å²) >= 11 is 1.89. The van der Waals surface area contributed by atoms with Gasteiger partial charge in [0.2, 0.25) is 0 Å². The molecule has 1 aromatic heterocycles. The van der Waals surface area contributed by atoms with Gasteiger partial charge < -0.3 is 9.32 Å². The summed E-state index contributed by atoms with van der Waals surface area (Å²) in [5, 5.41) is 7.91. The minimum absolute atomic E-state index is 0.592. The van der Waals surface area contributed by atoms with Crippen molar-refractivity contribution < 1.29 is 4.42 Å². The minimum atomic E-state index is -2.84. The molecule has 2 aliphatic heterocycles. The fraction of sp³-hybridized carbons (Fsp3) is 0.0182. The first kappa shape index (κ1) is 34.2. The molecule has 1 spiro atoms. The number of fused-ring (bicyclic) bond motifs is 11. The molecule has 0 saturated heterocycles. The fourth-order valence-corrected chi connectivity index (χ4v) is 16.8. The summed E-state index contributed by atoms with van der Waals surface area (Å²) in [6, 6.07) is 83.5. The lowest BCUT2D eigenvalue weighted by Crippen LogP contribution is -2.79. The van der Waals surface area contributed by atoms with Gasteiger partial charge in [0.15, 0.2) is 8.07 Å².